The highest BCUT2D eigenvalue weighted by Crippen LogP contribution is 2.21. The summed E-state index contributed by atoms with van der Waals surface area (Å²) in [5.41, 5.74) is 1.98. The van der Waals surface area contributed by atoms with E-state index in [2.05, 4.69) is 9.97 Å². The molecule has 6 nitrogen and oxygen atoms in total. The minimum absolute atomic E-state index is 0.00733. The number of H-pyrrole nitrogens is 1. The Morgan fingerprint density at radius 3 is 2.50 bits per heavy atom. The Morgan fingerprint density at radius 1 is 1.29 bits per heavy atom. The van der Waals surface area contributed by atoms with E-state index in [1.807, 2.05) is 0 Å². The third kappa shape index (κ3) is 3.38. The Balaban J connectivity index is 2.22. The molecule has 0 bridgehead atoms. The molecule has 7 heteroatoms. The van der Waals surface area contributed by atoms with E-state index in [4.69, 9.17) is 16.3 Å². The lowest BCUT2D eigenvalue weighted by Crippen LogP contribution is -2.25. The summed E-state index contributed by atoms with van der Waals surface area (Å²) in [4.78, 5) is 43.0. The van der Waals surface area contributed by atoms with Crippen molar-refractivity contribution in [3.05, 3.63) is 51.6 Å². The number of carbonyl (C=O) groups is 3. The van der Waals surface area contributed by atoms with Gasteiger partial charge in [0.1, 0.15) is 5.15 Å². The van der Waals surface area contributed by atoms with Crippen molar-refractivity contribution >= 4 is 29.1 Å². The number of ether oxygens (including phenoxy) is 1. The van der Waals surface area contributed by atoms with Crippen LogP contribution in [-0.2, 0) is 4.74 Å². The second kappa shape index (κ2) is 6.97. The Labute approximate surface area is 144 Å². The van der Waals surface area contributed by atoms with Gasteiger partial charge in [0.05, 0.1) is 11.3 Å². The largest absolute Gasteiger partial charge is 0.451 e. The molecule has 2 aromatic heterocycles. The number of nitrogens with one attached hydrogen (secondary N) is 1. The van der Waals surface area contributed by atoms with E-state index in [0.717, 1.165) is 0 Å². The molecule has 126 valence electrons. The van der Waals surface area contributed by atoms with E-state index in [1.54, 1.807) is 19.9 Å². The van der Waals surface area contributed by atoms with Gasteiger partial charge in [-0.3, -0.25) is 9.59 Å². The fourth-order valence-corrected chi connectivity index (χ4v) is 2.74. The summed E-state index contributed by atoms with van der Waals surface area (Å²) in [6.45, 7) is 6.30. The Morgan fingerprint density at radius 2 is 1.96 bits per heavy atom. The molecule has 0 aromatic carbocycles. The predicted octanol–water partition coefficient (Wildman–Crippen LogP) is 3.31. The number of esters is 1. The van der Waals surface area contributed by atoms with Crippen molar-refractivity contribution in [2.24, 2.45) is 0 Å². The number of halogens is 1. The fourth-order valence-electron chi connectivity index (χ4n) is 2.54. The number of aromatic nitrogens is 2. The molecule has 1 atom stereocenters. The van der Waals surface area contributed by atoms with Crippen molar-refractivity contribution in [2.75, 3.05) is 0 Å². The molecule has 24 heavy (non-hydrogen) atoms. The number of Topliss-reactive ketones (excluding diaryl/α,β-unsaturated/α-hetero) is 2. The van der Waals surface area contributed by atoms with E-state index in [9.17, 15) is 14.4 Å². The van der Waals surface area contributed by atoms with E-state index in [0.29, 0.717) is 16.8 Å². The van der Waals surface area contributed by atoms with Crippen LogP contribution >= 0.6 is 11.6 Å². The Kier molecular flexibility index (Phi) is 5.19. The Bertz CT molecular complexity index is 826. The van der Waals surface area contributed by atoms with Crippen LogP contribution in [0.15, 0.2) is 18.3 Å². The van der Waals surface area contributed by atoms with Gasteiger partial charge in [-0.05, 0) is 45.4 Å². The van der Waals surface area contributed by atoms with Crippen LogP contribution in [0.1, 0.15) is 56.3 Å². The number of ketones is 2. The molecule has 0 aliphatic heterocycles. The number of pyridine rings is 1. The molecular formula is C17H17ClN2O4. The molecule has 0 saturated carbocycles. The molecule has 0 unspecified atom stereocenters. The van der Waals surface area contributed by atoms with Crippen LogP contribution in [0.5, 0.6) is 0 Å². The summed E-state index contributed by atoms with van der Waals surface area (Å²) in [7, 11) is 0. The van der Waals surface area contributed by atoms with Crippen molar-refractivity contribution in [2.45, 2.75) is 33.8 Å². The molecule has 0 saturated heterocycles. The molecule has 2 aromatic rings. The van der Waals surface area contributed by atoms with E-state index < -0.39 is 17.9 Å². The molecule has 2 rings (SSSR count). The van der Waals surface area contributed by atoms with Gasteiger partial charge in [-0.2, -0.15) is 0 Å². The SMILES string of the molecule is CC(=O)c1c(C)[nH]c(C(=O)[C@@H](C)OC(=O)c2cccnc2Cl)c1C. The average Bonchev–Trinajstić information content (AvgIpc) is 2.81. The van der Waals surface area contributed by atoms with Crippen molar-refractivity contribution in [1.82, 2.24) is 9.97 Å². The zero-order valence-corrected chi connectivity index (χ0v) is 14.5. The zero-order chi connectivity index (χ0) is 18.0. The van der Waals surface area contributed by atoms with Gasteiger partial charge >= 0.3 is 5.97 Å². The number of aromatic amines is 1. The van der Waals surface area contributed by atoms with Gasteiger partial charge in [-0.15, -0.1) is 0 Å². The maximum absolute atomic E-state index is 12.5. The fraction of sp³-hybridized carbons (Fsp3) is 0.294. The first-order valence-corrected chi connectivity index (χ1v) is 7.67. The van der Waals surface area contributed by atoms with Crippen LogP contribution < -0.4 is 0 Å². The van der Waals surface area contributed by atoms with E-state index >= 15 is 0 Å². The van der Waals surface area contributed by atoms with Gasteiger partial charge in [-0.1, -0.05) is 11.6 Å². The lowest BCUT2D eigenvalue weighted by atomic mass is 10.0. The molecule has 0 aliphatic rings. The molecular weight excluding hydrogens is 332 g/mol. The third-order valence-electron chi connectivity index (χ3n) is 3.67. The number of nitrogens with zero attached hydrogens (tertiary/aromatic N) is 1. The minimum atomic E-state index is -1.04. The molecule has 0 fully saturated rings. The van der Waals surface area contributed by atoms with Gasteiger partial charge in [0, 0.05) is 17.5 Å². The van der Waals surface area contributed by atoms with E-state index in [1.165, 1.54) is 26.1 Å². The molecule has 0 amide bonds. The van der Waals surface area contributed by atoms with Crippen molar-refractivity contribution < 1.29 is 19.1 Å². The second-order valence-electron chi connectivity index (χ2n) is 5.43. The minimum Gasteiger partial charge on any atom is -0.451 e. The summed E-state index contributed by atoms with van der Waals surface area (Å²) in [5, 5.41) is 0.00733. The standard InChI is InChI=1S/C17H17ClN2O4/c1-8-13(10(3)21)9(2)20-14(8)15(22)11(4)24-17(23)12-6-5-7-19-16(12)18/h5-7,11,20H,1-4H3/t11-/m1/s1. The van der Waals surface area contributed by atoms with Gasteiger partial charge < -0.3 is 9.72 Å². The first-order valence-electron chi connectivity index (χ1n) is 7.29. The van der Waals surface area contributed by atoms with Gasteiger partial charge in [-0.25, -0.2) is 9.78 Å². The van der Waals surface area contributed by atoms with Crippen molar-refractivity contribution in [3.8, 4) is 0 Å². The quantitative estimate of drug-likeness (QED) is 0.508. The second-order valence-corrected chi connectivity index (χ2v) is 5.79. The van der Waals surface area contributed by atoms with Crippen LogP contribution in [0.25, 0.3) is 0 Å². The molecule has 0 aliphatic carbocycles. The smallest absolute Gasteiger partial charge is 0.341 e. The summed E-state index contributed by atoms with van der Waals surface area (Å²) in [5.74, 6) is -1.29. The zero-order valence-electron chi connectivity index (χ0n) is 13.8. The maximum Gasteiger partial charge on any atom is 0.341 e. The summed E-state index contributed by atoms with van der Waals surface area (Å²) >= 11 is 5.84. The van der Waals surface area contributed by atoms with Crippen LogP contribution in [0.3, 0.4) is 0 Å². The lowest BCUT2D eigenvalue weighted by Gasteiger charge is -2.12. The number of rotatable bonds is 5. The van der Waals surface area contributed by atoms with Gasteiger partial charge in [0.25, 0.3) is 0 Å². The summed E-state index contributed by atoms with van der Waals surface area (Å²) in [6.07, 6.45) is 0.410. The predicted molar refractivity (Wildman–Crippen MR) is 88.7 cm³/mol. The first kappa shape index (κ1) is 17.9. The number of hydrogen-bond acceptors (Lipinski definition) is 5. The summed E-state index contributed by atoms with van der Waals surface area (Å²) in [6, 6.07) is 3.01. The van der Waals surface area contributed by atoms with Crippen molar-refractivity contribution in [1.29, 1.82) is 0 Å². The van der Waals surface area contributed by atoms with Crippen LogP contribution in [0.4, 0.5) is 0 Å². The van der Waals surface area contributed by atoms with Crippen molar-refractivity contribution in [3.63, 3.8) is 0 Å². The van der Waals surface area contributed by atoms with Gasteiger partial charge in [0.15, 0.2) is 11.9 Å². The number of carbonyl (C=O) groups excluding carboxylic acids is 3. The Hall–Kier alpha value is -2.47. The lowest BCUT2D eigenvalue weighted by molar-refractivity contribution is 0.0316. The highest BCUT2D eigenvalue weighted by molar-refractivity contribution is 6.32. The molecule has 0 radical (unpaired) electrons. The van der Waals surface area contributed by atoms with Gasteiger partial charge in [0.2, 0.25) is 5.78 Å². The number of hydrogen-bond donors (Lipinski definition) is 1. The maximum atomic E-state index is 12.5. The number of aryl methyl sites for hydroxylation is 1. The third-order valence-corrected chi connectivity index (χ3v) is 3.97. The topological polar surface area (TPSA) is 89.1 Å². The monoisotopic (exact) mass is 348 g/mol. The average molecular weight is 349 g/mol. The molecule has 1 N–H and O–H groups in total. The van der Waals surface area contributed by atoms with Crippen LogP contribution in [-0.4, -0.2) is 33.6 Å². The molecule has 0 spiro atoms. The highest BCUT2D eigenvalue weighted by atomic mass is 35.5. The van der Waals surface area contributed by atoms with Crippen LogP contribution in [0.2, 0.25) is 5.15 Å². The summed E-state index contributed by atoms with van der Waals surface area (Å²) < 4.78 is 5.18. The highest BCUT2D eigenvalue weighted by Gasteiger charge is 2.26. The van der Waals surface area contributed by atoms with E-state index in [-0.39, 0.29) is 22.2 Å². The van der Waals surface area contributed by atoms with Crippen LogP contribution in [0, 0.1) is 13.8 Å². The first-order chi connectivity index (χ1) is 11.2. The molecule has 2 heterocycles. The normalized spacial score (nSPS) is 11.9.